The normalized spacial score (nSPS) is 19.1. The van der Waals surface area contributed by atoms with Gasteiger partial charge in [-0.15, -0.1) is 11.3 Å². The molecule has 3 heteroatoms. The molecule has 1 fully saturated rings. The zero-order valence-electron chi connectivity index (χ0n) is 12.0. The molecule has 1 aromatic heterocycles. The van der Waals surface area contributed by atoms with Crippen molar-refractivity contribution in [1.29, 1.82) is 0 Å². The molecule has 106 valence electrons. The lowest BCUT2D eigenvalue weighted by Gasteiger charge is -2.32. The minimum Gasteiger partial charge on any atom is -0.306 e. The van der Waals surface area contributed by atoms with Crippen molar-refractivity contribution in [3.8, 4) is 0 Å². The first-order valence-corrected chi connectivity index (χ1v) is 8.24. The largest absolute Gasteiger partial charge is 0.306 e. The first kappa shape index (κ1) is 13.8. The maximum Gasteiger partial charge on any atom is 0.0673 e. The van der Waals surface area contributed by atoms with Crippen LogP contribution in [-0.4, -0.2) is 31.1 Å². The summed E-state index contributed by atoms with van der Waals surface area (Å²) in [4.78, 5) is 3.83. The highest BCUT2D eigenvalue weighted by Crippen LogP contribution is 2.27. The van der Waals surface area contributed by atoms with Crippen molar-refractivity contribution in [2.24, 2.45) is 0 Å². The third kappa shape index (κ3) is 3.29. The lowest BCUT2D eigenvalue weighted by molar-refractivity contribution is 0.229. The highest BCUT2D eigenvalue weighted by Gasteiger charge is 2.22. The summed E-state index contributed by atoms with van der Waals surface area (Å²) in [5.41, 5.74) is 1.37. The molecule has 0 aliphatic carbocycles. The van der Waals surface area contributed by atoms with Gasteiger partial charge in [0.1, 0.15) is 0 Å². The van der Waals surface area contributed by atoms with Gasteiger partial charge in [-0.05, 0) is 50.0 Å². The summed E-state index contributed by atoms with van der Waals surface area (Å²) < 4.78 is 0. The predicted molar refractivity (Wildman–Crippen MR) is 86.3 cm³/mol. The van der Waals surface area contributed by atoms with E-state index >= 15 is 0 Å². The van der Waals surface area contributed by atoms with Crippen LogP contribution in [-0.2, 0) is 0 Å². The second-order valence-corrected chi connectivity index (χ2v) is 6.58. The number of nitrogens with zero attached hydrogens (tertiary/aromatic N) is 1. The minimum absolute atomic E-state index is 0.338. The standard InChI is InChI=1S/C17H22N2S/c1-19-11-9-15(10-12-19)18-17(16-8-5-13-20-16)14-6-3-2-4-7-14/h2-8,13,15,17-18H,9-12H2,1H3. The van der Waals surface area contributed by atoms with Gasteiger partial charge < -0.3 is 10.2 Å². The Hall–Kier alpha value is -1.16. The number of rotatable bonds is 4. The van der Waals surface area contributed by atoms with Gasteiger partial charge in [0, 0.05) is 10.9 Å². The Kier molecular flexibility index (Phi) is 4.51. The monoisotopic (exact) mass is 286 g/mol. The highest BCUT2D eigenvalue weighted by atomic mass is 32.1. The van der Waals surface area contributed by atoms with Gasteiger partial charge in [-0.25, -0.2) is 0 Å². The number of nitrogens with one attached hydrogen (secondary N) is 1. The van der Waals surface area contributed by atoms with Gasteiger partial charge in [-0.3, -0.25) is 0 Å². The summed E-state index contributed by atoms with van der Waals surface area (Å²) >= 11 is 1.84. The lowest BCUT2D eigenvalue weighted by Crippen LogP contribution is -2.42. The molecule has 1 saturated heterocycles. The molecule has 0 bridgehead atoms. The zero-order chi connectivity index (χ0) is 13.8. The summed E-state index contributed by atoms with van der Waals surface area (Å²) in [5.74, 6) is 0. The second kappa shape index (κ2) is 6.53. The molecular formula is C17H22N2S. The number of thiophene rings is 1. The summed E-state index contributed by atoms with van der Waals surface area (Å²) in [6, 6.07) is 16.2. The summed E-state index contributed by atoms with van der Waals surface area (Å²) in [6.45, 7) is 2.40. The molecule has 0 spiro atoms. The van der Waals surface area contributed by atoms with Crippen molar-refractivity contribution in [3.63, 3.8) is 0 Å². The van der Waals surface area contributed by atoms with E-state index in [1.165, 1.54) is 36.4 Å². The first-order chi connectivity index (χ1) is 9.83. The molecule has 1 N–H and O–H groups in total. The third-order valence-corrected chi connectivity index (χ3v) is 5.02. The van der Waals surface area contributed by atoms with E-state index in [0.717, 1.165) is 0 Å². The molecular weight excluding hydrogens is 264 g/mol. The fourth-order valence-electron chi connectivity index (χ4n) is 2.85. The van der Waals surface area contributed by atoms with Crippen LogP contribution in [0.4, 0.5) is 0 Å². The second-order valence-electron chi connectivity index (χ2n) is 5.60. The molecule has 2 heterocycles. The topological polar surface area (TPSA) is 15.3 Å². The average Bonchev–Trinajstić information content (AvgIpc) is 3.01. The lowest BCUT2D eigenvalue weighted by atomic mass is 10.00. The van der Waals surface area contributed by atoms with E-state index in [1.807, 2.05) is 11.3 Å². The molecule has 3 rings (SSSR count). The minimum atomic E-state index is 0.338. The van der Waals surface area contributed by atoms with Crippen LogP contribution in [0.3, 0.4) is 0 Å². The molecule has 0 amide bonds. The van der Waals surface area contributed by atoms with Gasteiger partial charge in [0.05, 0.1) is 6.04 Å². The fraction of sp³-hybridized carbons (Fsp3) is 0.412. The average molecular weight is 286 g/mol. The number of hydrogen-bond donors (Lipinski definition) is 1. The number of piperidine rings is 1. The Morgan fingerprint density at radius 2 is 1.85 bits per heavy atom. The van der Waals surface area contributed by atoms with E-state index in [2.05, 4.69) is 65.1 Å². The molecule has 0 radical (unpaired) electrons. The Labute approximate surface area is 125 Å². The van der Waals surface area contributed by atoms with E-state index in [-0.39, 0.29) is 0 Å². The van der Waals surface area contributed by atoms with Gasteiger partial charge in [-0.1, -0.05) is 36.4 Å². The predicted octanol–water partition coefficient (Wildman–Crippen LogP) is 3.52. The van der Waals surface area contributed by atoms with E-state index in [1.54, 1.807) is 0 Å². The molecule has 2 nitrogen and oxygen atoms in total. The zero-order valence-corrected chi connectivity index (χ0v) is 12.8. The van der Waals surface area contributed by atoms with Crippen molar-refractivity contribution in [2.45, 2.75) is 24.9 Å². The number of hydrogen-bond acceptors (Lipinski definition) is 3. The SMILES string of the molecule is CN1CCC(NC(c2ccccc2)c2cccs2)CC1. The Bertz CT molecular complexity index is 501. The van der Waals surface area contributed by atoms with Crippen molar-refractivity contribution in [3.05, 3.63) is 58.3 Å². The van der Waals surface area contributed by atoms with E-state index in [4.69, 9.17) is 0 Å². The van der Waals surface area contributed by atoms with Crippen LogP contribution in [0.25, 0.3) is 0 Å². The van der Waals surface area contributed by atoms with Crippen LogP contribution < -0.4 is 5.32 Å². The fourth-order valence-corrected chi connectivity index (χ4v) is 3.67. The van der Waals surface area contributed by atoms with Gasteiger partial charge in [0.15, 0.2) is 0 Å². The molecule has 1 aliphatic heterocycles. The van der Waals surface area contributed by atoms with Gasteiger partial charge >= 0.3 is 0 Å². The van der Waals surface area contributed by atoms with Crippen LogP contribution in [0, 0.1) is 0 Å². The van der Waals surface area contributed by atoms with Gasteiger partial charge in [0.2, 0.25) is 0 Å². The quantitative estimate of drug-likeness (QED) is 0.925. The van der Waals surface area contributed by atoms with Crippen LogP contribution in [0.1, 0.15) is 29.3 Å². The smallest absolute Gasteiger partial charge is 0.0673 e. The maximum atomic E-state index is 3.88. The molecule has 20 heavy (non-hydrogen) atoms. The maximum absolute atomic E-state index is 3.88. The van der Waals surface area contributed by atoms with Crippen LogP contribution in [0.2, 0.25) is 0 Å². The molecule has 1 aliphatic rings. The van der Waals surface area contributed by atoms with Gasteiger partial charge in [-0.2, -0.15) is 0 Å². The van der Waals surface area contributed by atoms with Gasteiger partial charge in [0.25, 0.3) is 0 Å². The summed E-state index contributed by atoms with van der Waals surface area (Å²) in [5, 5.41) is 6.05. The van der Waals surface area contributed by atoms with Crippen molar-refractivity contribution in [2.75, 3.05) is 20.1 Å². The van der Waals surface area contributed by atoms with Crippen LogP contribution in [0.5, 0.6) is 0 Å². The number of benzene rings is 1. The molecule has 1 aromatic carbocycles. The molecule has 0 saturated carbocycles. The van der Waals surface area contributed by atoms with E-state index in [0.29, 0.717) is 12.1 Å². The first-order valence-electron chi connectivity index (χ1n) is 7.36. The van der Waals surface area contributed by atoms with Crippen LogP contribution >= 0.6 is 11.3 Å². The highest BCUT2D eigenvalue weighted by molar-refractivity contribution is 7.10. The molecule has 1 unspecified atom stereocenters. The third-order valence-electron chi connectivity index (χ3n) is 4.08. The Morgan fingerprint density at radius 1 is 1.10 bits per heavy atom. The van der Waals surface area contributed by atoms with Crippen molar-refractivity contribution < 1.29 is 0 Å². The molecule has 1 atom stereocenters. The Morgan fingerprint density at radius 3 is 2.50 bits per heavy atom. The summed E-state index contributed by atoms with van der Waals surface area (Å²) in [7, 11) is 2.21. The Balaban J connectivity index is 1.77. The summed E-state index contributed by atoms with van der Waals surface area (Å²) in [6.07, 6.45) is 2.48. The van der Waals surface area contributed by atoms with Crippen molar-refractivity contribution >= 4 is 11.3 Å². The van der Waals surface area contributed by atoms with E-state index in [9.17, 15) is 0 Å². The molecule has 2 aromatic rings. The van der Waals surface area contributed by atoms with Crippen LogP contribution in [0.15, 0.2) is 47.8 Å². The van der Waals surface area contributed by atoms with E-state index < -0.39 is 0 Å². The number of likely N-dealkylation sites (tertiary alicyclic amines) is 1. The van der Waals surface area contributed by atoms with Crippen molar-refractivity contribution in [1.82, 2.24) is 10.2 Å².